The van der Waals surface area contributed by atoms with Crippen molar-refractivity contribution in [1.29, 1.82) is 0 Å². The molecule has 4 rings (SSSR count). The zero-order valence-corrected chi connectivity index (χ0v) is 18.8. The number of benzene rings is 3. The number of rotatable bonds is 8. The third-order valence-electron chi connectivity index (χ3n) is 6.40. The zero-order chi connectivity index (χ0) is 20.7. The van der Waals surface area contributed by atoms with Crippen molar-refractivity contribution >= 4 is 23.9 Å². The number of hydrogen-bond donors (Lipinski definition) is 0. The van der Waals surface area contributed by atoms with Crippen LogP contribution in [-0.2, 0) is 4.43 Å². The topological polar surface area (TPSA) is 9.23 Å². The SMILES string of the molecule is C=CCCC1CCCC(O[Si](c2ccccc2)(c2ccccc2)c2ccccc2)C1. The maximum Gasteiger partial charge on any atom is 0.288 e. The summed E-state index contributed by atoms with van der Waals surface area (Å²) < 4.78 is 7.36. The van der Waals surface area contributed by atoms with Gasteiger partial charge in [0, 0.05) is 6.10 Å². The fraction of sp³-hybridized carbons (Fsp3) is 0.286. The minimum atomic E-state index is -2.59. The molecule has 3 aromatic carbocycles. The van der Waals surface area contributed by atoms with Gasteiger partial charge in [-0.15, -0.1) is 6.58 Å². The summed E-state index contributed by atoms with van der Waals surface area (Å²) in [5.41, 5.74) is 0. The Kier molecular flexibility index (Phi) is 6.98. The predicted molar refractivity (Wildman–Crippen MR) is 130 cm³/mol. The molecule has 1 saturated carbocycles. The summed E-state index contributed by atoms with van der Waals surface area (Å²) in [4.78, 5) is 0. The summed E-state index contributed by atoms with van der Waals surface area (Å²) in [7, 11) is -2.59. The van der Waals surface area contributed by atoms with E-state index >= 15 is 0 Å². The quantitative estimate of drug-likeness (QED) is 0.281. The normalized spacial score (nSPS) is 19.3. The maximum absolute atomic E-state index is 7.36. The van der Waals surface area contributed by atoms with E-state index in [0.717, 1.165) is 25.2 Å². The molecule has 30 heavy (non-hydrogen) atoms. The Morgan fingerprint density at radius 3 is 1.73 bits per heavy atom. The monoisotopic (exact) mass is 412 g/mol. The summed E-state index contributed by atoms with van der Waals surface area (Å²) in [6, 6.07) is 32.8. The first-order valence-corrected chi connectivity index (χ1v) is 13.2. The minimum Gasteiger partial charge on any atom is -0.401 e. The van der Waals surface area contributed by atoms with Gasteiger partial charge in [0.05, 0.1) is 0 Å². The second kappa shape index (κ2) is 10.1. The molecule has 0 aliphatic heterocycles. The molecule has 0 N–H and O–H groups in total. The molecule has 0 aromatic heterocycles. The molecule has 0 amide bonds. The van der Waals surface area contributed by atoms with E-state index in [1.807, 2.05) is 0 Å². The molecule has 2 unspecified atom stereocenters. The molecule has 0 radical (unpaired) electrons. The van der Waals surface area contributed by atoms with Crippen LogP contribution in [0, 0.1) is 5.92 Å². The first-order chi connectivity index (χ1) is 14.8. The summed E-state index contributed by atoms with van der Waals surface area (Å²) in [6.07, 6.45) is 9.61. The Bertz CT molecular complexity index is 810. The van der Waals surface area contributed by atoms with Crippen molar-refractivity contribution in [3.05, 3.63) is 104 Å². The Hall–Kier alpha value is -2.42. The largest absolute Gasteiger partial charge is 0.401 e. The van der Waals surface area contributed by atoms with Crippen LogP contribution in [-0.4, -0.2) is 14.4 Å². The third-order valence-corrected chi connectivity index (χ3v) is 10.5. The minimum absolute atomic E-state index is 0.306. The Labute approximate surface area is 182 Å². The Balaban J connectivity index is 1.78. The predicted octanol–water partition coefficient (Wildman–Crippen LogP) is 5.20. The lowest BCUT2D eigenvalue weighted by Crippen LogP contribution is -2.70. The van der Waals surface area contributed by atoms with Crippen molar-refractivity contribution in [1.82, 2.24) is 0 Å². The van der Waals surface area contributed by atoms with Gasteiger partial charge in [0.15, 0.2) is 0 Å². The van der Waals surface area contributed by atoms with Crippen molar-refractivity contribution in [2.75, 3.05) is 0 Å². The molecule has 0 heterocycles. The van der Waals surface area contributed by atoms with Crippen molar-refractivity contribution in [2.45, 2.75) is 44.6 Å². The van der Waals surface area contributed by atoms with Gasteiger partial charge in [0.2, 0.25) is 0 Å². The van der Waals surface area contributed by atoms with E-state index in [2.05, 4.69) is 104 Å². The molecular formula is C28H32OSi. The van der Waals surface area contributed by atoms with E-state index in [1.54, 1.807) is 0 Å². The van der Waals surface area contributed by atoms with Crippen LogP contribution in [0.3, 0.4) is 0 Å². The van der Waals surface area contributed by atoms with E-state index in [9.17, 15) is 0 Å². The van der Waals surface area contributed by atoms with Gasteiger partial charge in [-0.05, 0) is 47.2 Å². The number of allylic oxidation sites excluding steroid dienone is 1. The summed E-state index contributed by atoms with van der Waals surface area (Å²) in [6.45, 7) is 3.92. The van der Waals surface area contributed by atoms with Crippen LogP contribution in [0.4, 0.5) is 0 Å². The molecule has 2 heteroatoms. The fourth-order valence-corrected chi connectivity index (χ4v) is 9.05. The molecule has 0 spiro atoms. The van der Waals surface area contributed by atoms with Crippen LogP contribution in [0.1, 0.15) is 38.5 Å². The van der Waals surface area contributed by atoms with Crippen LogP contribution >= 0.6 is 0 Å². The molecule has 1 aliphatic carbocycles. The van der Waals surface area contributed by atoms with Crippen molar-refractivity contribution in [3.63, 3.8) is 0 Å². The second-order valence-corrected chi connectivity index (χ2v) is 11.7. The molecule has 0 bridgehead atoms. The molecule has 1 nitrogen and oxygen atoms in total. The van der Waals surface area contributed by atoms with Gasteiger partial charge in [-0.3, -0.25) is 0 Å². The first kappa shape index (κ1) is 20.8. The fourth-order valence-electron chi connectivity index (χ4n) is 4.94. The highest BCUT2D eigenvalue weighted by Gasteiger charge is 2.44. The summed E-state index contributed by atoms with van der Waals surface area (Å²) in [5.74, 6) is 0.746. The first-order valence-electron chi connectivity index (χ1n) is 11.3. The molecule has 154 valence electrons. The second-order valence-electron chi connectivity index (χ2n) is 8.42. The summed E-state index contributed by atoms with van der Waals surface area (Å²) in [5, 5.41) is 3.99. The highest BCUT2D eigenvalue weighted by Crippen LogP contribution is 2.31. The van der Waals surface area contributed by atoms with Crippen LogP contribution in [0.25, 0.3) is 0 Å². The zero-order valence-electron chi connectivity index (χ0n) is 17.8. The average Bonchev–Trinajstić information content (AvgIpc) is 2.83. The lowest BCUT2D eigenvalue weighted by molar-refractivity contribution is 0.120. The smallest absolute Gasteiger partial charge is 0.288 e. The lowest BCUT2D eigenvalue weighted by atomic mass is 9.84. The van der Waals surface area contributed by atoms with E-state index in [0.29, 0.717) is 6.10 Å². The molecular weight excluding hydrogens is 380 g/mol. The highest BCUT2D eigenvalue weighted by molar-refractivity contribution is 7.07. The van der Waals surface area contributed by atoms with E-state index < -0.39 is 8.32 Å². The van der Waals surface area contributed by atoms with Crippen molar-refractivity contribution in [3.8, 4) is 0 Å². The summed E-state index contributed by atoms with van der Waals surface area (Å²) >= 11 is 0. The maximum atomic E-state index is 7.36. The Morgan fingerprint density at radius 2 is 1.27 bits per heavy atom. The molecule has 0 saturated heterocycles. The van der Waals surface area contributed by atoms with Gasteiger partial charge < -0.3 is 4.43 Å². The molecule has 1 aliphatic rings. The van der Waals surface area contributed by atoms with E-state index in [1.165, 1.54) is 34.8 Å². The van der Waals surface area contributed by atoms with E-state index in [4.69, 9.17) is 4.43 Å². The van der Waals surface area contributed by atoms with Crippen molar-refractivity contribution < 1.29 is 4.43 Å². The van der Waals surface area contributed by atoms with Crippen LogP contribution in [0.5, 0.6) is 0 Å². The average molecular weight is 413 g/mol. The Morgan fingerprint density at radius 1 is 0.767 bits per heavy atom. The van der Waals surface area contributed by atoms with Crippen LogP contribution in [0.15, 0.2) is 104 Å². The van der Waals surface area contributed by atoms with Gasteiger partial charge in [-0.1, -0.05) is 110 Å². The van der Waals surface area contributed by atoms with Gasteiger partial charge in [-0.2, -0.15) is 0 Å². The lowest BCUT2D eigenvalue weighted by Gasteiger charge is -2.39. The van der Waals surface area contributed by atoms with Gasteiger partial charge in [-0.25, -0.2) is 0 Å². The van der Waals surface area contributed by atoms with Crippen molar-refractivity contribution in [2.24, 2.45) is 5.92 Å². The highest BCUT2D eigenvalue weighted by atomic mass is 28.4. The van der Waals surface area contributed by atoms with Gasteiger partial charge >= 0.3 is 0 Å². The van der Waals surface area contributed by atoms with Crippen LogP contribution in [0.2, 0.25) is 0 Å². The van der Waals surface area contributed by atoms with Gasteiger partial charge in [0.25, 0.3) is 8.32 Å². The number of hydrogen-bond acceptors (Lipinski definition) is 1. The third kappa shape index (κ3) is 4.50. The van der Waals surface area contributed by atoms with Crippen LogP contribution < -0.4 is 15.6 Å². The standard InChI is InChI=1S/C28H32OSi/c1-2-3-14-24-15-13-16-25(23-24)29-30(26-17-7-4-8-18-26,27-19-9-5-10-20-27)28-21-11-6-12-22-28/h2,4-12,17-22,24-25H,1,3,13-16,23H2. The van der Waals surface area contributed by atoms with Gasteiger partial charge in [0.1, 0.15) is 0 Å². The van der Waals surface area contributed by atoms with E-state index in [-0.39, 0.29) is 0 Å². The molecule has 1 fully saturated rings. The molecule has 3 aromatic rings. The molecule has 2 atom stereocenters.